The highest BCUT2D eigenvalue weighted by Gasteiger charge is 2.27. The van der Waals surface area contributed by atoms with Crippen molar-refractivity contribution in [2.75, 3.05) is 32.6 Å². The van der Waals surface area contributed by atoms with Crippen LogP contribution in [-0.4, -0.2) is 54.2 Å². The van der Waals surface area contributed by atoms with Crippen molar-refractivity contribution in [3.05, 3.63) is 66.8 Å². The number of likely N-dealkylation sites (tertiary alicyclic amines) is 1. The standard InChI is InChI=1S/C27H26N4O4S/c1-4-26(32)31-10-9-18(15-31)35-24-13-19-20(14-23(24)34-3)28-16-29-27(19)30-21-12-17(7-8-22(21)33-2)25-6-5-11-36-25/h4-8,11-14,16,18H,1,9-10,15H2,2-3H3,(H,28,29,30). The summed E-state index contributed by atoms with van der Waals surface area (Å²) in [4.78, 5) is 23.8. The van der Waals surface area contributed by atoms with Gasteiger partial charge in [-0.2, -0.15) is 0 Å². The molecule has 9 heteroatoms. The Hall–Kier alpha value is -4.11. The van der Waals surface area contributed by atoms with Crippen LogP contribution in [0.25, 0.3) is 21.3 Å². The van der Waals surface area contributed by atoms with Gasteiger partial charge in [-0.25, -0.2) is 9.97 Å². The van der Waals surface area contributed by atoms with Gasteiger partial charge < -0.3 is 24.4 Å². The number of fused-ring (bicyclic) bond motifs is 1. The molecule has 0 aliphatic carbocycles. The molecule has 3 heterocycles. The first kappa shape index (κ1) is 23.6. The number of amides is 1. The predicted octanol–water partition coefficient (Wildman–Crippen LogP) is 5.28. The molecule has 5 rings (SSSR count). The molecule has 2 aromatic carbocycles. The summed E-state index contributed by atoms with van der Waals surface area (Å²) >= 11 is 1.68. The zero-order valence-corrected chi connectivity index (χ0v) is 20.9. The van der Waals surface area contributed by atoms with Crippen LogP contribution in [0.3, 0.4) is 0 Å². The second-order valence-electron chi connectivity index (χ2n) is 8.28. The summed E-state index contributed by atoms with van der Waals surface area (Å²) in [5, 5.41) is 6.25. The van der Waals surface area contributed by atoms with Crippen molar-refractivity contribution in [1.29, 1.82) is 0 Å². The van der Waals surface area contributed by atoms with E-state index in [1.54, 1.807) is 30.5 Å². The Morgan fingerprint density at radius 1 is 1.14 bits per heavy atom. The number of carbonyl (C=O) groups is 1. The highest BCUT2D eigenvalue weighted by Crippen LogP contribution is 2.38. The van der Waals surface area contributed by atoms with Crippen LogP contribution in [0.4, 0.5) is 11.5 Å². The van der Waals surface area contributed by atoms with E-state index in [1.807, 2.05) is 36.4 Å². The van der Waals surface area contributed by atoms with Gasteiger partial charge in [0.25, 0.3) is 0 Å². The lowest BCUT2D eigenvalue weighted by molar-refractivity contribution is -0.125. The van der Waals surface area contributed by atoms with E-state index < -0.39 is 0 Å². The molecule has 0 saturated carbocycles. The molecule has 1 amide bonds. The van der Waals surface area contributed by atoms with Gasteiger partial charge in [0.2, 0.25) is 5.91 Å². The van der Waals surface area contributed by atoms with Crippen LogP contribution in [0.2, 0.25) is 0 Å². The number of benzene rings is 2. The summed E-state index contributed by atoms with van der Waals surface area (Å²) < 4.78 is 17.5. The number of carbonyl (C=O) groups excluding carboxylic acids is 1. The number of methoxy groups -OCH3 is 2. The number of hydrogen-bond acceptors (Lipinski definition) is 8. The van der Waals surface area contributed by atoms with Crippen molar-refractivity contribution in [2.24, 2.45) is 0 Å². The maximum atomic E-state index is 12.0. The SMILES string of the molecule is C=CC(=O)N1CCC(Oc2cc3c(Nc4cc(-c5cccs5)ccc4OC)ncnc3cc2OC)C1. The van der Waals surface area contributed by atoms with Gasteiger partial charge in [-0.1, -0.05) is 12.6 Å². The molecule has 1 N–H and O–H groups in total. The lowest BCUT2D eigenvalue weighted by atomic mass is 10.1. The molecule has 4 aromatic rings. The zero-order chi connectivity index (χ0) is 25.1. The number of ether oxygens (including phenoxy) is 3. The Balaban J connectivity index is 1.48. The van der Waals surface area contributed by atoms with E-state index in [2.05, 4.69) is 33.3 Å². The molecule has 1 atom stereocenters. The largest absolute Gasteiger partial charge is 0.495 e. The summed E-state index contributed by atoms with van der Waals surface area (Å²) in [6, 6.07) is 13.8. The highest BCUT2D eigenvalue weighted by atomic mass is 32.1. The molecular formula is C27H26N4O4S. The maximum absolute atomic E-state index is 12.0. The summed E-state index contributed by atoms with van der Waals surface area (Å²) in [7, 11) is 3.24. The van der Waals surface area contributed by atoms with Gasteiger partial charge in [0, 0.05) is 29.3 Å². The molecule has 0 spiro atoms. The predicted molar refractivity (Wildman–Crippen MR) is 141 cm³/mol. The minimum absolute atomic E-state index is 0.0924. The molecule has 36 heavy (non-hydrogen) atoms. The van der Waals surface area contributed by atoms with Crippen LogP contribution >= 0.6 is 11.3 Å². The van der Waals surface area contributed by atoms with Crippen molar-refractivity contribution in [2.45, 2.75) is 12.5 Å². The van der Waals surface area contributed by atoms with Crippen molar-refractivity contribution < 1.29 is 19.0 Å². The van der Waals surface area contributed by atoms with E-state index in [4.69, 9.17) is 14.2 Å². The van der Waals surface area contributed by atoms with Crippen molar-refractivity contribution in [3.63, 3.8) is 0 Å². The molecule has 1 saturated heterocycles. The van der Waals surface area contributed by atoms with E-state index >= 15 is 0 Å². The smallest absolute Gasteiger partial charge is 0.246 e. The van der Waals surface area contributed by atoms with Crippen LogP contribution in [-0.2, 0) is 4.79 Å². The maximum Gasteiger partial charge on any atom is 0.246 e. The number of hydrogen-bond donors (Lipinski definition) is 1. The second kappa shape index (κ2) is 10.2. The summed E-state index contributed by atoms with van der Waals surface area (Å²) in [6.45, 7) is 4.69. The summed E-state index contributed by atoms with van der Waals surface area (Å²) in [5.74, 6) is 2.36. The number of anilines is 2. The summed E-state index contributed by atoms with van der Waals surface area (Å²) in [5.41, 5.74) is 2.58. The first-order valence-electron chi connectivity index (χ1n) is 11.5. The number of thiophene rings is 1. The normalized spacial score (nSPS) is 15.1. The molecule has 2 aromatic heterocycles. The molecule has 1 aliphatic rings. The minimum atomic E-state index is -0.149. The highest BCUT2D eigenvalue weighted by molar-refractivity contribution is 7.13. The van der Waals surface area contributed by atoms with Gasteiger partial charge in [-0.15, -0.1) is 11.3 Å². The third kappa shape index (κ3) is 4.70. The monoisotopic (exact) mass is 502 g/mol. The number of nitrogens with one attached hydrogen (secondary N) is 1. The van der Waals surface area contributed by atoms with Gasteiger partial charge in [0.05, 0.1) is 32.0 Å². The van der Waals surface area contributed by atoms with Gasteiger partial charge in [0.15, 0.2) is 11.5 Å². The molecule has 8 nitrogen and oxygen atoms in total. The Bertz CT molecular complexity index is 1410. The average molecular weight is 503 g/mol. The van der Waals surface area contributed by atoms with Gasteiger partial charge >= 0.3 is 0 Å². The first-order valence-corrected chi connectivity index (χ1v) is 12.4. The van der Waals surface area contributed by atoms with Gasteiger partial charge in [0.1, 0.15) is 24.0 Å². The zero-order valence-electron chi connectivity index (χ0n) is 20.1. The molecule has 1 fully saturated rings. The second-order valence-corrected chi connectivity index (χ2v) is 9.22. The van der Waals surface area contributed by atoms with E-state index in [9.17, 15) is 4.79 Å². The van der Waals surface area contributed by atoms with E-state index in [0.717, 1.165) is 27.9 Å². The Morgan fingerprint density at radius 2 is 2.00 bits per heavy atom. The molecule has 1 unspecified atom stereocenters. The quantitative estimate of drug-likeness (QED) is 0.328. The number of nitrogens with zero attached hydrogens (tertiary/aromatic N) is 3. The first-order chi connectivity index (χ1) is 17.6. The Kier molecular flexibility index (Phi) is 6.73. The van der Waals surface area contributed by atoms with Crippen LogP contribution in [0.5, 0.6) is 17.2 Å². The van der Waals surface area contributed by atoms with E-state index in [-0.39, 0.29) is 12.0 Å². The number of rotatable bonds is 8. The molecule has 184 valence electrons. The van der Waals surface area contributed by atoms with Crippen molar-refractivity contribution >= 4 is 39.7 Å². The number of aromatic nitrogens is 2. The van der Waals surface area contributed by atoms with Gasteiger partial charge in [-0.3, -0.25) is 4.79 Å². The van der Waals surface area contributed by atoms with Crippen LogP contribution in [0.15, 0.2) is 66.8 Å². The third-order valence-corrected chi connectivity index (χ3v) is 7.02. The topological polar surface area (TPSA) is 85.8 Å². The lowest BCUT2D eigenvalue weighted by Gasteiger charge is -2.19. The lowest BCUT2D eigenvalue weighted by Crippen LogP contribution is -2.29. The van der Waals surface area contributed by atoms with Crippen LogP contribution in [0.1, 0.15) is 6.42 Å². The minimum Gasteiger partial charge on any atom is -0.495 e. The van der Waals surface area contributed by atoms with Crippen molar-refractivity contribution in [3.8, 4) is 27.7 Å². The average Bonchev–Trinajstić information content (AvgIpc) is 3.61. The fraction of sp³-hybridized carbons (Fsp3) is 0.222. The summed E-state index contributed by atoms with van der Waals surface area (Å²) in [6.07, 6.45) is 3.42. The molecule has 0 radical (unpaired) electrons. The third-order valence-electron chi connectivity index (χ3n) is 6.10. The van der Waals surface area contributed by atoms with Crippen LogP contribution < -0.4 is 19.5 Å². The van der Waals surface area contributed by atoms with Crippen LogP contribution in [0, 0.1) is 0 Å². The molecular weight excluding hydrogens is 476 g/mol. The molecule has 1 aliphatic heterocycles. The Labute approximate surface area is 213 Å². The fourth-order valence-electron chi connectivity index (χ4n) is 4.28. The fourth-order valence-corrected chi connectivity index (χ4v) is 5.00. The van der Waals surface area contributed by atoms with Gasteiger partial charge in [-0.05, 0) is 47.4 Å². The molecule has 0 bridgehead atoms. The Morgan fingerprint density at radius 3 is 2.75 bits per heavy atom. The van der Waals surface area contributed by atoms with E-state index in [0.29, 0.717) is 41.7 Å². The van der Waals surface area contributed by atoms with Crippen molar-refractivity contribution in [1.82, 2.24) is 14.9 Å². The van der Waals surface area contributed by atoms with E-state index in [1.165, 1.54) is 12.4 Å².